The highest BCUT2D eigenvalue weighted by Gasteiger charge is 2.05. The van der Waals surface area contributed by atoms with Gasteiger partial charge in [-0.25, -0.2) is 0 Å². The Bertz CT molecular complexity index is 551. The Kier molecular flexibility index (Phi) is 4.99. The van der Waals surface area contributed by atoms with Crippen LogP contribution in [0.3, 0.4) is 0 Å². The first-order valence-corrected chi connectivity index (χ1v) is 7.65. The normalized spacial score (nSPS) is 10.4. The van der Waals surface area contributed by atoms with E-state index in [-0.39, 0.29) is 5.91 Å². The van der Waals surface area contributed by atoms with E-state index in [1.807, 2.05) is 35.7 Å². The first-order chi connectivity index (χ1) is 9.15. The molecule has 0 saturated carbocycles. The molecular formula is C14H15BrN2OS. The van der Waals surface area contributed by atoms with Gasteiger partial charge in [0.1, 0.15) is 0 Å². The summed E-state index contributed by atoms with van der Waals surface area (Å²) >= 11 is 5.08. The maximum absolute atomic E-state index is 11.7. The van der Waals surface area contributed by atoms with E-state index in [0.717, 1.165) is 27.0 Å². The van der Waals surface area contributed by atoms with Crippen LogP contribution in [0.15, 0.2) is 40.2 Å². The lowest BCUT2D eigenvalue weighted by Crippen LogP contribution is -2.22. The predicted molar refractivity (Wildman–Crippen MR) is 83.0 cm³/mol. The van der Waals surface area contributed by atoms with E-state index >= 15 is 0 Å². The molecule has 2 aromatic rings. The molecule has 3 nitrogen and oxygen atoms in total. The van der Waals surface area contributed by atoms with Crippen molar-refractivity contribution < 1.29 is 4.79 Å². The number of carbonyl (C=O) groups excluding carboxylic acids is 1. The highest BCUT2D eigenvalue weighted by atomic mass is 79.9. The fourth-order valence-electron chi connectivity index (χ4n) is 1.66. The van der Waals surface area contributed by atoms with E-state index < -0.39 is 0 Å². The summed E-state index contributed by atoms with van der Waals surface area (Å²) in [5, 5.41) is 4.92. The van der Waals surface area contributed by atoms with Gasteiger partial charge >= 0.3 is 0 Å². The smallest absolute Gasteiger partial charge is 0.220 e. The Morgan fingerprint density at radius 1 is 1.26 bits per heavy atom. The number of aryl methyl sites for hydroxylation is 1. The number of hydrogen-bond acceptors (Lipinski definition) is 3. The number of carbonyl (C=O) groups is 1. The van der Waals surface area contributed by atoms with E-state index in [9.17, 15) is 4.79 Å². The third kappa shape index (κ3) is 4.36. The molecule has 3 N–H and O–H groups in total. The second kappa shape index (κ2) is 6.73. The second-order valence-corrected chi connectivity index (χ2v) is 6.07. The topological polar surface area (TPSA) is 55.1 Å². The van der Waals surface area contributed by atoms with Crippen LogP contribution in [0.4, 0.5) is 5.69 Å². The Morgan fingerprint density at radius 2 is 2.00 bits per heavy atom. The van der Waals surface area contributed by atoms with Gasteiger partial charge in [-0.15, -0.1) is 11.3 Å². The molecule has 0 unspecified atom stereocenters. The summed E-state index contributed by atoms with van der Waals surface area (Å²) in [4.78, 5) is 12.9. The number of rotatable bonds is 5. The molecule has 1 heterocycles. The number of thiophene rings is 1. The van der Waals surface area contributed by atoms with Crippen LogP contribution >= 0.6 is 27.3 Å². The lowest BCUT2D eigenvalue weighted by atomic mass is 10.1. The minimum atomic E-state index is 0.0668. The van der Waals surface area contributed by atoms with Crippen LogP contribution in [0, 0.1) is 0 Å². The Hall–Kier alpha value is -1.33. The largest absolute Gasteiger partial charge is 0.399 e. The van der Waals surface area contributed by atoms with Gasteiger partial charge in [-0.3, -0.25) is 4.79 Å². The summed E-state index contributed by atoms with van der Waals surface area (Å²) in [5.74, 6) is 0.0668. The molecule has 0 aliphatic heterocycles. The molecule has 0 bridgehead atoms. The lowest BCUT2D eigenvalue weighted by molar-refractivity contribution is -0.121. The minimum Gasteiger partial charge on any atom is -0.399 e. The van der Waals surface area contributed by atoms with Crippen molar-refractivity contribution in [3.05, 3.63) is 50.6 Å². The number of halogens is 1. The molecular weight excluding hydrogens is 324 g/mol. The average molecular weight is 339 g/mol. The fourth-order valence-corrected chi connectivity index (χ4v) is 3.09. The number of nitrogens with two attached hydrogens (primary N) is 1. The SMILES string of the molecule is Nc1ccc(CCC(=O)NCc2sccc2Br)cc1. The number of hydrogen-bond donors (Lipinski definition) is 2. The van der Waals surface area contributed by atoms with Crippen LogP contribution in [0.5, 0.6) is 0 Å². The van der Waals surface area contributed by atoms with Gasteiger partial charge in [-0.05, 0) is 51.5 Å². The molecule has 0 fully saturated rings. The lowest BCUT2D eigenvalue weighted by Gasteiger charge is -2.05. The number of nitrogens with one attached hydrogen (secondary N) is 1. The van der Waals surface area contributed by atoms with Crippen LogP contribution < -0.4 is 11.1 Å². The molecule has 0 aliphatic rings. The van der Waals surface area contributed by atoms with Gasteiger partial charge in [0.25, 0.3) is 0 Å². The zero-order chi connectivity index (χ0) is 13.7. The van der Waals surface area contributed by atoms with E-state index in [4.69, 9.17) is 5.73 Å². The summed E-state index contributed by atoms with van der Waals surface area (Å²) in [6, 6.07) is 9.61. The Balaban J connectivity index is 1.76. The van der Waals surface area contributed by atoms with Crippen LogP contribution in [0.25, 0.3) is 0 Å². The van der Waals surface area contributed by atoms with Crippen LogP contribution in [0.1, 0.15) is 16.9 Å². The molecule has 19 heavy (non-hydrogen) atoms. The molecule has 0 atom stereocenters. The van der Waals surface area contributed by atoms with Crippen LogP contribution in [0.2, 0.25) is 0 Å². The van der Waals surface area contributed by atoms with Gasteiger partial charge < -0.3 is 11.1 Å². The zero-order valence-electron chi connectivity index (χ0n) is 10.4. The maximum atomic E-state index is 11.7. The quantitative estimate of drug-likeness (QED) is 0.821. The highest BCUT2D eigenvalue weighted by Crippen LogP contribution is 2.22. The molecule has 0 radical (unpaired) electrons. The van der Waals surface area contributed by atoms with Crippen molar-refractivity contribution in [1.29, 1.82) is 0 Å². The van der Waals surface area contributed by atoms with Crippen molar-refractivity contribution in [3.63, 3.8) is 0 Å². The summed E-state index contributed by atoms with van der Waals surface area (Å²) in [6.45, 7) is 0.582. The molecule has 1 amide bonds. The van der Waals surface area contributed by atoms with Crippen LogP contribution in [-0.2, 0) is 17.8 Å². The molecule has 2 rings (SSSR count). The Morgan fingerprint density at radius 3 is 2.63 bits per heavy atom. The molecule has 5 heteroatoms. The average Bonchev–Trinajstić information content (AvgIpc) is 2.81. The van der Waals surface area contributed by atoms with E-state index in [1.165, 1.54) is 0 Å². The predicted octanol–water partition coefficient (Wildman–Crippen LogP) is 3.34. The number of amides is 1. The van der Waals surface area contributed by atoms with Crippen molar-refractivity contribution in [2.45, 2.75) is 19.4 Å². The Labute approximate surface area is 125 Å². The summed E-state index contributed by atoms with van der Waals surface area (Å²) in [7, 11) is 0. The fraction of sp³-hybridized carbons (Fsp3) is 0.214. The minimum absolute atomic E-state index is 0.0668. The molecule has 0 spiro atoms. The zero-order valence-corrected chi connectivity index (χ0v) is 12.8. The molecule has 100 valence electrons. The molecule has 0 saturated heterocycles. The summed E-state index contributed by atoms with van der Waals surface area (Å²) < 4.78 is 1.05. The van der Waals surface area contributed by atoms with Gasteiger partial charge in [-0.1, -0.05) is 12.1 Å². The van der Waals surface area contributed by atoms with Gasteiger partial charge in [0.05, 0.1) is 6.54 Å². The van der Waals surface area contributed by atoms with E-state index in [0.29, 0.717) is 13.0 Å². The number of nitrogen functional groups attached to an aromatic ring is 1. The standard InChI is InChI=1S/C14H15BrN2OS/c15-12-7-8-19-13(12)9-17-14(18)6-3-10-1-4-11(16)5-2-10/h1-2,4-5,7-8H,3,6,9,16H2,(H,17,18). The van der Waals surface area contributed by atoms with Crippen molar-refractivity contribution in [1.82, 2.24) is 5.32 Å². The monoisotopic (exact) mass is 338 g/mol. The van der Waals surface area contributed by atoms with Crippen molar-refractivity contribution in [2.24, 2.45) is 0 Å². The summed E-state index contributed by atoms with van der Waals surface area (Å²) in [6.07, 6.45) is 1.23. The molecule has 0 aliphatic carbocycles. The van der Waals surface area contributed by atoms with Gasteiger partial charge in [0.2, 0.25) is 5.91 Å². The number of benzene rings is 1. The highest BCUT2D eigenvalue weighted by molar-refractivity contribution is 9.10. The maximum Gasteiger partial charge on any atom is 0.220 e. The van der Waals surface area contributed by atoms with Gasteiger partial charge in [0.15, 0.2) is 0 Å². The van der Waals surface area contributed by atoms with Crippen molar-refractivity contribution in [3.8, 4) is 0 Å². The first kappa shape index (κ1) is 14.1. The van der Waals surface area contributed by atoms with Crippen molar-refractivity contribution >= 4 is 38.9 Å². The third-order valence-electron chi connectivity index (χ3n) is 2.76. The summed E-state index contributed by atoms with van der Waals surface area (Å²) in [5.41, 5.74) is 7.49. The third-order valence-corrected chi connectivity index (χ3v) is 4.68. The molecule has 1 aromatic carbocycles. The second-order valence-electron chi connectivity index (χ2n) is 4.21. The number of anilines is 1. The van der Waals surface area contributed by atoms with Crippen LogP contribution in [-0.4, -0.2) is 5.91 Å². The van der Waals surface area contributed by atoms with Gasteiger partial charge in [-0.2, -0.15) is 0 Å². The molecule has 1 aromatic heterocycles. The first-order valence-electron chi connectivity index (χ1n) is 5.98. The van der Waals surface area contributed by atoms with Crippen molar-refractivity contribution in [2.75, 3.05) is 5.73 Å². The van der Waals surface area contributed by atoms with E-state index in [1.54, 1.807) is 11.3 Å². The van der Waals surface area contributed by atoms with E-state index in [2.05, 4.69) is 21.2 Å². The van der Waals surface area contributed by atoms with Gasteiger partial charge in [0, 0.05) is 21.5 Å².